The molecule has 0 spiro atoms. The third-order valence-electron chi connectivity index (χ3n) is 7.52. The summed E-state index contributed by atoms with van der Waals surface area (Å²) in [6.07, 6.45) is 9.98. The van der Waals surface area contributed by atoms with Gasteiger partial charge < -0.3 is 15.5 Å². The summed E-state index contributed by atoms with van der Waals surface area (Å²) in [5, 5.41) is 10.5. The molecule has 34 heavy (non-hydrogen) atoms. The second-order valence-corrected chi connectivity index (χ2v) is 10.2. The lowest BCUT2D eigenvalue weighted by molar-refractivity contribution is 0.101. The number of nitrogens with one attached hydrogen (secondary N) is 2. The highest BCUT2D eigenvalue weighted by molar-refractivity contribution is 6.03. The molecule has 1 aromatic carbocycles. The maximum atomic E-state index is 12.8. The van der Waals surface area contributed by atoms with E-state index in [1.54, 1.807) is 16.9 Å². The van der Waals surface area contributed by atoms with E-state index >= 15 is 0 Å². The fraction of sp³-hybridized carbons (Fsp3) is 0.593. The molecule has 2 aromatic rings. The summed E-state index contributed by atoms with van der Waals surface area (Å²) >= 11 is 0. The van der Waals surface area contributed by atoms with Crippen LogP contribution in [0.25, 0.3) is 0 Å². The van der Waals surface area contributed by atoms with E-state index in [2.05, 4.69) is 34.8 Å². The highest BCUT2D eigenvalue weighted by Gasteiger charge is 2.27. The minimum atomic E-state index is -0.152. The number of nitrogens with zero attached hydrogens (tertiary/aromatic N) is 3. The van der Waals surface area contributed by atoms with Crippen molar-refractivity contribution in [2.24, 2.45) is 5.92 Å². The highest BCUT2D eigenvalue weighted by Crippen LogP contribution is 2.30. The van der Waals surface area contributed by atoms with E-state index in [1.165, 1.54) is 37.7 Å². The van der Waals surface area contributed by atoms with Crippen LogP contribution in [0.1, 0.15) is 93.7 Å². The molecule has 7 nitrogen and oxygen atoms in total. The van der Waals surface area contributed by atoms with Gasteiger partial charge in [0, 0.05) is 37.1 Å². The van der Waals surface area contributed by atoms with E-state index in [-0.39, 0.29) is 24.0 Å². The molecule has 2 N–H and O–H groups in total. The molecule has 3 amide bonds. The van der Waals surface area contributed by atoms with E-state index in [1.807, 2.05) is 30.9 Å². The van der Waals surface area contributed by atoms with Crippen LogP contribution in [0.15, 0.2) is 36.5 Å². The van der Waals surface area contributed by atoms with Crippen LogP contribution in [0, 0.1) is 5.92 Å². The Labute approximate surface area is 203 Å². The predicted molar refractivity (Wildman–Crippen MR) is 135 cm³/mol. The minimum absolute atomic E-state index is 0.0928. The lowest BCUT2D eigenvalue weighted by Crippen LogP contribution is -2.49. The van der Waals surface area contributed by atoms with Gasteiger partial charge in [-0.1, -0.05) is 31.4 Å². The molecular weight excluding hydrogens is 426 g/mol. The second kappa shape index (κ2) is 11.1. The lowest BCUT2D eigenvalue weighted by Gasteiger charge is -2.35. The van der Waals surface area contributed by atoms with Crippen LogP contribution >= 0.6 is 0 Å². The van der Waals surface area contributed by atoms with Gasteiger partial charge >= 0.3 is 6.03 Å². The number of hydrogen-bond acceptors (Lipinski definition) is 3. The van der Waals surface area contributed by atoms with E-state index in [4.69, 9.17) is 0 Å². The standard InChI is InChI=1S/C27H39N5O2/c1-19(2)32-25(13-16-28-32)26(33)30-24-11-9-22(10-12-24)23-14-17-31(18-15-23)27(34)29-20(3)21-7-5-4-6-8-21/h9-13,16,19-21,23H,4-8,14-15,17-18H2,1-3H3,(H,29,34)(H,30,33)/t20-/m0/s1. The predicted octanol–water partition coefficient (Wildman–Crippen LogP) is 5.57. The van der Waals surface area contributed by atoms with Crippen LogP contribution in [0.2, 0.25) is 0 Å². The van der Waals surface area contributed by atoms with Gasteiger partial charge in [0.2, 0.25) is 0 Å². The van der Waals surface area contributed by atoms with Crippen molar-refractivity contribution < 1.29 is 9.59 Å². The van der Waals surface area contributed by atoms with Gasteiger partial charge in [-0.05, 0) is 82.1 Å². The van der Waals surface area contributed by atoms with Gasteiger partial charge in [-0.25, -0.2) is 4.79 Å². The monoisotopic (exact) mass is 465 g/mol. The summed E-state index contributed by atoms with van der Waals surface area (Å²) in [6.45, 7) is 7.74. The van der Waals surface area contributed by atoms with Crippen LogP contribution in [-0.4, -0.2) is 45.8 Å². The number of benzene rings is 1. The molecule has 2 aliphatic rings. The Kier molecular flexibility index (Phi) is 7.91. The van der Waals surface area contributed by atoms with Crippen LogP contribution in [0.3, 0.4) is 0 Å². The van der Waals surface area contributed by atoms with Gasteiger partial charge in [0.1, 0.15) is 5.69 Å². The van der Waals surface area contributed by atoms with E-state index in [9.17, 15) is 9.59 Å². The van der Waals surface area contributed by atoms with E-state index in [0.717, 1.165) is 31.6 Å². The quantitative estimate of drug-likeness (QED) is 0.585. The fourth-order valence-electron chi connectivity index (χ4n) is 5.39. The average Bonchev–Trinajstić information content (AvgIpc) is 3.36. The first kappa shape index (κ1) is 24.3. The zero-order valence-corrected chi connectivity index (χ0v) is 20.8. The van der Waals surface area contributed by atoms with E-state index < -0.39 is 0 Å². The van der Waals surface area contributed by atoms with Crippen molar-refractivity contribution in [1.82, 2.24) is 20.0 Å². The van der Waals surface area contributed by atoms with Gasteiger partial charge in [-0.2, -0.15) is 5.10 Å². The molecule has 1 saturated heterocycles. The first-order valence-corrected chi connectivity index (χ1v) is 12.9. The van der Waals surface area contributed by atoms with Crippen molar-refractivity contribution in [3.63, 3.8) is 0 Å². The average molecular weight is 466 g/mol. The van der Waals surface area contributed by atoms with Crippen LogP contribution in [0.4, 0.5) is 10.5 Å². The fourth-order valence-corrected chi connectivity index (χ4v) is 5.39. The van der Waals surface area contributed by atoms with Gasteiger partial charge in [0.15, 0.2) is 0 Å². The Morgan fingerprint density at radius 1 is 0.941 bits per heavy atom. The van der Waals surface area contributed by atoms with Crippen LogP contribution in [-0.2, 0) is 0 Å². The Morgan fingerprint density at radius 3 is 2.26 bits per heavy atom. The maximum Gasteiger partial charge on any atom is 0.317 e. The van der Waals surface area contributed by atoms with Crippen molar-refractivity contribution in [1.29, 1.82) is 0 Å². The normalized spacial score (nSPS) is 18.6. The summed E-state index contributed by atoms with van der Waals surface area (Å²) in [5.41, 5.74) is 2.60. The number of likely N-dealkylation sites (tertiary alicyclic amines) is 1. The largest absolute Gasteiger partial charge is 0.335 e. The molecule has 2 heterocycles. The van der Waals surface area contributed by atoms with Crippen molar-refractivity contribution >= 4 is 17.6 Å². The molecule has 1 aliphatic heterocycles. The zero-order valence-electron chi connectivity index (χ0n) is 20.8. The van der Waals surface area contributed by atoms with Gasteiger partial charge in [0.25, 0.3) is 5.91 Å². The molecule has 0 radical (unpaired) electrons. The SMILES string of the molecule is CC(C)n1nccc1C(=O)Nc1ccc(C2CCN(C(=O)N[C@@H](C)C3CCCCC3)CC2)cc1. The number of amides is 3. The number of hydrogen-bond donors (Lipinski definition) is 2. The molecule has 1 aliphatic carbocycles. The summed E-state index contributed by atoms with van der Waals surface area (Å²) in [4.78, 5) is 27.4. The first-order chi connectivity index (χ1) is 16.4. The van der Waals surface area contributed by atoms with Crippen LogP contribution in [0.5, 0.6) is 0 Å². The topological polar surface area (TPSA) is 79.3 Å². The van der Waals surface area contributed by atoms with Gasteiger partial charge in [-0.3, -0.25) is 9.48 Å². The number of carbonyl (C=O) groups excluding carboxylic acids is 2. The van der Waals surface area contributed by atoms with Crippen molar-refractivity contribution in [2.75, 3.05) is 18.4 Å². The molecule has 1 aromatic heterocycles. The lowest BCUT2D eigenvalue weighted by atomic mass is 9.84. The van der Waals surface area contributed by atoms with Crippen LogP contribution < -0.4 is 10.6 Å². The molecule has 2 fully saturated rings. The molecule has 7 heteroatoms. The summed E-state index contributed by atoms with van der Waals surface area (Å²) in [5.74, 6) is 0.910. The second-order valence-electron chi connectivity index (χ2n) is 10.2. The molecule has 184 valence electrons. The van der Waals surface area contributed by atoms with Crippen molar-refractivity contribution in [2.45, 2.75) is 83.7 Å². The Morgan fingerprint density at radius 2 is 1.62 bits per heavy atom. The molecule has 0 unspecified atom stereocenters. The van der Waals surface area contributed by atoms with Crippen molar-refractivity contribution in [3.8, 4) is 0 Å². The van der Waals surface area contributed by atoms with E-state index in [0.29, 0.717) is 17.5 Å². The summed E-state index contributed by atoms with van der Waals surface area (Å²) < 4.78 is 1.73. The highest BCUT2D eigenvalue weighted by atomic mass is 16.2. The number of anilines is 1. The number of aromatic nitrogens is 2. The maximum absolute atomic E-state index is 12.8. The smallest absolute Gasteiger partial charge is 0.317 e. The molecule has 1 saturated carbocycles. The third-order valence-corrected chi connectivity index (χ3v) is 7.52. The molecule has 1 atom stereocenters. The summed E-state index contributed by atoms with van der Waals surface area (Å²) in [6, 6.07) is 10.3. The van der Waals surface area contributed by atoms with Gasteiger partial charge in [-0.15, -0.1) is 0 Å². The minimum Gasteiger partial charge on any atom is -0.335 e. The summed E-state index contributed by atoms with van der Waals surface area (Å²) in [7, 11) is 0. The number of urea groups is 1. The van der Waals surface area contributed by atoms with Crippen molar-refractivity contribution in [3.05, 3.63) is 47.8 Å². The number of piperidine rings is 1. The number of rotatable bonds is 6. The Balaban J connectivity index is 1.26. The third kappa shape index (κ3) is 5.80. The molecule has 0 bridgehead atoms. The van der Waals surface area contributed by atoms with Gasteiger partial charge in [0.05, 0.1) is 0 Å². The molecule has 4 rings (SSSR count). The number of carbonyl (C=O) groups is 2. The first-order valence-electron chi connectivity index (χ1n) is 12.9. The Bertz CT molecular complexity index is 954. The molecular formula is C27H39N5O2. The Hall–Kier alpha value is -2.83. The zero-order chi connectivity index (χ0) is 24.1.